The topological polar surface area (TPSA) is 58.6 Å². The van der Waals surface area contributed by atoms with E-state index in [0.29, 0.717) is 17.9 Å². The van der Waals surface area contributed by atoms with E-state index in [1.165, 1.54) is 0 Å². The number of ether oxygens (including phenoxy) is 1. The normalized spacial score (nSPS) is 13.1. The van der Waals surface area contributed by atoms with Gasteiger partial charge in [-0.2, -0.15) is 0 Å². The van der Waals surface area contributed by atoms with Crippen LogP contribution in [0.3, 0.4) is 0 Å². The highest BCUT2D eigenvalue weighted by Crippen LogP contribution is 2.30. The molecular weight excluding hydrogens is 316 g/mol. The largest absolute Gasteiger partial charge is 0.494 e. The van der Waals surface area contributed by atoms with E-state index in [4.69, 9.17) is 4.74 Å². The Kier molecular flexibility index (Phi) is 5.03. The monoisotopic (exact) mass is 338 g/mol. The SMILES string of the molecule is CCOc1ccc(C(=O)Nc2ccc3c(c2)N(C(C)=O)CCC3)cc1. The lowest BCUT2D eigenvalue weighted by Crippen LogP contribution is -2.33. The maximum absolute atomic E-state index is 12.4. The molecule has 0 unspecified atom stereocenters. The first-order valence-corrected chi connectivity index (χ1v) is 8.53. The Morgan fingerprint density at radius 3 is 2.60 bits per heavy atom. The zero-order valence-electron chi connectivity index (χ0n) is 14.5. The molecule has 0 aromatic heterocycles. The van der Waals surface area contributed by atoms with Crippen LogP contribution < -0.4 is 15.0 Å². The van der Waals surface area contributed by atoms with Gasteiger partial charge in [0.1, 0.15) is 5.75 Å². The minimum Gasteiger partial charge on any atom is -0.494 e. The number of amides is 2. The molecule has 0 saturated carbocycles. The molecule has 0 bridgehead atoms. The molecule has 1 aliphatic rings. The summed E-state index contributed by atoms with van der Waals surface area (Å²) >= 11 is 0. The van der Waals surface area contributed by atoms with Crippen molar-refractivity contribution in [3.8, 4) is 5.75 Å². The van der Waals surface area contributed by atoms with Crippen LogP contribution in [0.15, 0.2) is 42.5 Å². The van der Waals surface area contributed by atoms with Gasteiger partial charge in [0.15, 0.2) is 0 Å². The summed E-state index contributed by atoms with van der Waals surface area (Å²) in [4.78, 5) is 26.0. The Balaban J connectivity index is 1.77. The Hall–Kier alpha value is -2.82. The second-order valence-electron chi connectivity index (χ2n) is 6.03. The Bertz CT molecular complexity index is 784. The molecule has 1 N–H and O–H groups in total. The quantitative estimate of drug-likeness (QED) is 0.926. The van der Waals surface area contributed by atoms with Crippen LogP contribution in [-0.4, -0.2) is 25.0 Å². The lowest BCUT2D eigenvalue weighted by atomic mass is 10.0. The Morgan fingerprint density at radius 2 is 1.92 bits per heavy atom. The molecule has 0 saturated heterocycles. The van der Waals surface area contributed by atoms with Crippen LogP contribution in [0.4, 0.5) is 11.4 Å². The summed E-state index contributed by atoms with van der Waals surface area (Å²) in [7, 11) is 0. The van der Waals surface area contributed by atoms with E-state index < -0.39 is 0 Å². The fraction of sp³-hybridized carbons (Fsp3) is 0.300. The van der Waals surface area contributed by atoms with Crippen molar-refractivity contribution in [3.63, 3.8) is 0 Å². The maximum atomic E-state index is 12.4. The van der Waals surface area contributed by atoms with Gasteiger partial charge in [-0.3, -0.25) is 9.59 Å². The molecule has 1 aliphatic heterocycles. The number of anilines is 2. The molecule has 0 fully saturated rings. The van der Waals surface area contributed by atoms with E-state index in [2.05, 4.69) is 5.32 Å². The summed E-state index contributed by atoms with van der Waals surface area (Å²) in [6.07, 6.45) is 1.91. The van der Waals surface area contributed by atoms with E-state index in [0.717, 1.165) is 36.4 Å². The second kappa shape index (κ2) is 7.38. The van der Waals surface area contributed by atoms with E-state index in [1.807, 2.05) is 25.1 Å². The van der Waals surface area contributed by atoms with Crippen molar-refractivity contribution in [2.75, 3.05) is 23.4 Å². The number of hydrogen-bond donors (Lipinski definition) is 1. The van der Waals surface area contributed by atoms with Crippen LogP contribution in [0.5, 0.6) is 5.75 Å². The van der Waals surface area contributed by atoms with E-state index >= 15 is 0 Å². The van der Waals surface area contributed by atoms with Gasteiger partial charge in [-0.05, 0) is 61.7 Å². The van der Waals surface area contributed by atoms with Crippen LogP contribution in [0.1, 0.15) is 36.2 Å². The average molecular weight is 338 g/mol. The van der Waals surface area contributed by atoms with Gasteiger partial charge in [0.05, 0.1) is 6.61 Å². The smallest absolute Gasteiger partial charge is 0.255 e. The summed E-state index contributed by atoms with van der Waals surface area (Å²) in [6.45, 7) is 4.80. The standard InChI is InChI=1S/C20H22N2O3/c1-3-25-18-10-7-16(8-11-18)20(24)21-17-9-6-15-5-4-12-22(14(2)23)19(15)13-17/h6-11,13H,3-5,12H2,1-2H3,(H,21,24). The third-order valence-corrected chi connectivity index (χ3v) is 4.27. The van der Waals surface area contributed by atoms with Crippen molar-refractivity contribution in [1.82, 2.24) is 0 Å². The predicted octanol–water partition coefficient (Wildman–Crippen LogP) is 3.64. The summed E-state index contributed by atoms with van der Waals surface area (Å²) in [5, 5.41) is 2.90. The van der Waals surface area contributed by atoms with Crippen LogP contribution in [0.25, 0.3) is 0 Å². The van der Waals surface area contributed by atoms with Gasteiger partial charge in [-0.25, -0.2) is 0 Å². The summed E-state index contributed by atoms with van der Waals surface area (Å²) in [5.41, 5.74) is 3.28. The zero-order valence-corrected chi connectivity index (χ0v) is 14.5. The summed E-state index contributed by atoms with van der Waals surface area (Å²) in [5.74, 6) is 0.578. The third kappa shape index (κ3) is 3.82. The van der Waals surface area contributed by atoms with Crippen molar-refractivity contribution in [2.24, 2.45) is 0 Å². The van der Waals surface area contributed by atoms with Gasteiger partial charge >= 0.3 is 0 Å². The highest BCUT2D eigenvalue weighted by Gasteiger charge is 2.20. The number of nitrogens with one attached hydrogen (secondary N) is 1. The number of nitrogens with zero attached hydrogens (tertiary/aromatic N) is 1. The maximum Gasteiger partial charge on any atom is 0.255 e. The van der Waals surface area contributed by atoms with Crippen molar-refractivity contribution in [3.05, 3.63) is 53.6 Å². The first kappa shape index (κ1) is 17.0. The molecular formula is C20H22N2O3. The molecule has 5 nitrogen and oxygen atoms in total. The first-order chi connectivity index (χ1) is 12.1. The van der Waals surface area contributed by atoms with Gasteiger partial charge in [0, 0.05) is 30.4 Å². The molecule has 5 heteroatoms. The molecule has 0 aliphatic carbocycles. The molecule has 1 heterocycles. The zero-order chi connectivity index (χ0) is 17.8. The Morgan fingerprint density at radius 1 is 1.16 bits per heavy atom. The molecule has 3 rings (SSSR count). The van der Waals surface area contributed by atoms with Gasteiger partial charge in [0.2, 0.25) is 5.91 Å². The van der Waals surface area contributed by atoms with Crippen molar-refractivity contribution in [2.45, 2.75) is 26.7 Å². The second-order valence-corrected chi connectivity index (χ2v) is 6.03. The molecule has 0 atom stereocenters. The van der Waals surface area contributed by atoms with Gasteiger partial charge < -0.3 is 15.0 Å². The molecule has 25 heavy (non-hydrogen) atoms. The lowest BCUT2D eigenvalue weighted by molar-refractivity contribution is -0.116. The molecule has 0 spiro atoms. The van der Waals surface area contributed by atoms with E-state index in [-0.39, 0.29) is 11.8 Å². The van der Waals surface area contributed by atoms with Crippen molar-refractivity contribution >= 4 is 23.2 Å². The minimum atomic E-state index is -0.187. The minimum absolute atomic E-state index is 0.0240. The number of carbonyl (C=O) groups excluding carboxylic acids is 2. The van der Waals surface area contributed by atoms with Gasteiger partial charge in [0.25, 0.3) is 5.91 Å². The molecule has 0 radical (unpaired) electrons. The fourth-order valence-electron chi connectivity index (χ4n) is 3.05. The number of aryl methyl sites for hydroxylation is 1. The van der Waals surface area contributed by atoms with Crippen molar-refractivity contribution < 1.29 is 14.3 Å². The van der Waals surface area contributed by atoms with E-state index in [9.17, 15) is 9.59 Å². The van der Waals surface area contributed by atoms with Gasteiger partial charge in [-0.1, -0.05) is 6.07 Å². The number of benzene rings is 2. The molecule has 2 amide bonds. The number of hydrogen-bond acceptors (Lipinski definition) is 3. The molecule has 2 aromatic rings. The van der Waals surface area contributed by atoms with Crippen LogP contribution in [-0.2, 0) is 11.2 Å². The number of rotatable bonds is 4. The van der Waals surface area contributed by atoms with Gasteiger partial charge in [-0.15, -0.1) is 0 Å². The summed E-state index contributed by atoms with van der Waals surface area (Å²) in [6, 6.07) is 12.8. The average Bonchev–Trinajstić information content (AvgIpc) is 2.62. The lowest BCUT2D eigenvalue weighted by Gasteiger charge is -2.29. The fourth-order valence-corrected chi connectivity index (χ4v) is 3.05. The highest BCUT2D eigenvalue weighted by molar-refractivity contribution is 6.05. The first-order valence-electron chi connectivity index (χ1n) is 8.53. The highest BCUT2D eigenvalue weighted by atomic mass is 16.5. The Labute approximate surface area is 147 Å². The van der Waals surface area contributed by atoms with Crippen LogP contribution in [0.2, 0.25) is 0 Å². The number of carbonyl (C=O) groups is 2. The molecule has 2 aromatic carbocycles. The predicted molar refractivity (Wildman–Crippen MR) is 98.4 cm³/mol. The summed E-state index contributed by atoms with van der Waals surface area (Å²) < 4.78 is 5.39. The molecule has 130 valence electrons. The van der Waals surface area contributed by atoms with Crippen LogP contribution in [0, 0.1) is 0 Å². The van der Waals surface area contributed by atoms with Crippen molar-refractivity contribution in [1.29, 1.82) is 0 Å². The number of fused-ring (bicyclic) bond motifs is 1. The van der Waals surface area contributed by atoms with E-state index in [1.54, 1.807) is 36.1 Å². The third-order valence-electron chi connectivity index (χ3n) is 4.27. The van der Waals surface area contributed by atoms with Crippen LogP contribution >= 0.6 is 0 Å².